The van der Waals surface area contributed by atoms with Crippen LogP contribution in [0.3, 0.4) is 0 Å². The molecule has 0 bridgehead atoms. The first-order valence-electron chi connectivity index (χ1n) is 6.81. The summed E-state index contributed by atoms with van der Waals surface area (Å²) in [5.41, 5.74) is 0.279. The van der Waals surface area contributed by atoms with Crippen molar-refractivity contribution in [2.24, 2.45) is 0 Å². The van der Waals surface area contributed by atoms with Crippen molar-refractivity contribution in [2.45, 2.75) is 6.92 Å². The number of rotatable bonds is 3. The highest BCUT2D eigenvalue weighted by molar-refractivity contribution is 6.04. The Morgan fingerprint density at radius 3 is 2.70 bits per heavy atom. The van der Waals surface area contributed by atoms with E-state index in [1.54, 1.807) is 29.1 Å². The smallest absolute Gasteiger partial charge is 0.258 e. The Balaban J connectivity index is 1.78. The summed E-state index contributed by atoms with van der Waals surface area (Å²) in [5, 5.41) is 11.7. The Morgan fingerprint density at radius 2 is 2.09 bits per heavy atom. The van der Waals surface area contributed by atoms with Gasteiger partial charge in [-0.1, -0.05) is 0 Å². The van der Waals surface area contributed by atoms with Crippen LogP contribution in [0.5, 0.6) is 5.75 Å². The molecule has 0 fully saturated rings. The number of hydrogen-bond donors (Lipinski definition) is 2. The van der Waals surface area contributed by atoms with Crippen LogP contribution in [0.1, 0.15) is 16.2 Å². The Kier molecular flexibility index (Phi) is 3.76. The molecule has 7 heteroatoms. The lowest BCUT2D eigenvalue weighted by atomic mass is 10.2. The molecule has 3 aromatic rings. The standard InChI is InChI=1S/C16H13FN4O2/c1-10-18-6-7-21(10)15-5-2-11(9-19-15)20-16(23)13-4-3-12(22)8-14(13)17/h2-9,22H,1H3,(H,20,23). The van der Waals surface area contributed by atoms with Crippen molar-refractivity contribution in [1.29, 1.82) is 0 Å². The van der Waals surface area contributed by atoms with Gasteiger partial charge >= 0.3 is 0 Å². The second-order valence-corrected chi connectivity index (χ2v) is 4.87. The first-order valence-corrected chi connectivity index (χ1v) is 6.81. The molecule has 3 rings (SSSR count). The lowest BCUT2D eigenvalue weighted by Crippen LogP contribution is -2.14. The van der Waals surface area contributed by atoms with E-state index in [-0.39, 0.29) is 11.3 Å². The first-order chi connectivity index (χ1) is 11.0. The van der Waals surface area contributed by atoms with Gasteiger partial charge in [-0.15, -0.1) is 0 Å². The molecule has 23 heavy (non-hydrogen) atoms. The van der Waals surface area contributed by atoms with Crippen molar-refractivity contribution in [3.63, 3.8) is 0 Å². The van der Waals surface area contributed by atoms with Gasteiger partial charge in [0, 0.05) is 18.5 Å². The lowest BCUT2D eigenvalue weighted by molar-refractivity contribution is 0.102. The normalized spacial score (nSPS) is 10.5. The Morgan fingerprint density at radius 1 is 1.26 bits per heavy atom. The molecule has 2 heterocycles. The minimum absolute atomic E-state index is 0.155. The van der Waals surface area contributed by atoms with Crippen LogP contribution in [0.25, 0.3) is 5.82 Å². The number of amides is 1. The fraction of sp³-hybridized carbons (Fsp3) is 0.0625. The maximum atomic E-state index is 13.7. The maximum absolute atomic E-state index is 13.7. The average molecular weight is 312 g/mol. The monoisotopic (exact) mass is 312 g/mol. The van der Waals surface area contributed by atoms with Crippen molar-refractivity contribution in [1.82, 2.24) is 14.5 Å². The lowest BCUT2D eigenvalue weighted by Gasteiger charge is -2.08. The van der Waals surface area contributed by atoms with Crippen LogP contribution in [0.2, 0.25) is 0 Å². The third-order valence-corrected chi connectivity index (χ3v) is 3.28. The molecule has 0 radical (unpaired) electrons. The summed E-state index contributed by atoms with van der Waals surface area (Å²) in [6.45, 7) is 1.85. The number of nitrogens with zero attached hydrogens (tertiary/aromatic N) is 3. The Labute approximate surface area is 131 Å². The molecule has 1 aromatic carbocycles. The number of nitrogens with one attached hydrogen (secondary N) is 1. The molecule has 0 aliphatic rings. The summed E-state index contributed by atoms with van der Waals surface area (Å²) in [7, 11) is 0. The number of imidazole rings is 1. The summed E-state index contributed by atoms with van der Waals surface area (Å²) < 4.78 is 15.4. The van der Waals surface area contributed by atoms with Crippen LogP contribution in [-0.2, 0) is 0 Å². The van der Waals surface area contributed by atoms with Crippen LogP contribution in [0, 0.1) is 12.7 Å². The fourth-order valence-electron chi connectivity index (χ4n) is 2.11. The zero-order valence-corrected chi connectivity index (χ0v) is 12.2. The van der Waals surface area contributed by atoms with Gasteiger partial charge in [0.05, 0.1) is 17.4 Å². The van der Waals surface area contributed by atoms with Gasteiger partial charge in [0.1, 0.15) is 23.2 Å². The Hall–Kier alpha value is -3.22. The minimum atomic E-state index is -0.791. The van der Waals surface area contributed by atoms with Gasteiger partial charge < -0.3 is 10.4 Å². The molecule has 0 spiro atoms. The van der Waals surface area contributed by atoms with E-state index in [9.17, 15) is 9.18 Å². The average Bonchev–Trinajstić information content (AvgIpc) is 2.94. The SMILES string of the molecule is Cc1nccn1-c1ccc(NC(=O)c2ccc(O)cc2F)cn1. The van der Waals surface area contributed by atoms with Crippen LogP contribution < -0.4 is 5.32 Å². The number of hydrogen-bond acceptors (Lipinski definition) is 4. The van der Waals surface area contributed by atoms with Crippen molar-refractivity contribution >= 4 is 11.6 Å². The largest absolute Gasteiger partial charge is 0.508 e. The highest BCUT2D eigenvalue weighted by atomic mass is 19.1. The molecule has 6 nitrogen and oxygen atoms in total. The van der Waals surface area contributed by atoms with E-state index in [0.29, 0.717) is 11.5 Å². The predicted octanol–water partition coefficient (Wildman–Crippen LogP) is 2.67. The fourth-order valence-corrected chi connectivity index (χ4v) is 2.11. The van der Waals surface area contributed by atoms with Gasteiger partial charge in [-0.05, 0) is 31.2 Å². The van der Waals surface area contributed by atoms with Crippen LogP contribution in [0.15, 0.2) is 48.9 Å². The molecule has 0 aliphatic carbocycles. The first kappa shape index (κ1) is 14.7. The second kappa shape index (κ2) is 5.88. The molecular formula is C16H13FN4O2. The van der Waals surface area contributed by atoms with E-state index in [2.05, 4.69) is 15.3 Å². The number of aromatic nitrogens is 3. The van der Waals surface area contributed by atoms with Gasteiger partial charge in [-0.25, -0.2) is 14.4 Å². The molecule has 2 N–H and O–H groups in total. The minimum Gasteiger partial charge on any atom is -0.508 e. The van der Waals surface area contributed by atoms with Gasteiger partial charge in [0.25, 0.3) is 5.91 Å². The molecule has 1 amide bonds. The Bertz CT molecular complexity index is 859. The molecule has 2 aromatic heterocycles. The molecule has 116 valence electrons. The van der Waals surface area contributed by atoms with E-state index in [1.807, 2.05) is 6.92 Å². The third-order valence-electron chi connectivity index (χ3n) is 3.28. The van der Waals surface area contributed by atoms with Crippen LogP contribution >= 0.6 is 0 Å². The molecule has 0 saturated carbocycles. The number of aryl methyl sites for hydroxylation is 1. The number of carbonyl (C=O) groups excluding carboxylic acids is 1. The molecular weight excluding hydrogens is 299 g/mol. The van der Waals surface area contributed by atoms with E-state index < -0.39 is 11.7 Å². The number of halogens is 1. The zero-order chi connectivity index (χ0) is 16.4. The van der Waals surface area contributed by atoms with E-state index in [0.717, 1.165) is 11.9 Å². The van der Waals surface area contributed by atoms with Crippen molar-refractivity contribution in [3.8, 4) is 11.6 Å². The summed E-state index contributed by atoms with van der Waals surface area (Å²) >= 11 is 0. The second-order valence-electron chi connectivity index (χ2n) is 4.87. The van der Waals surface area contributed by atoms with E-state index in [4.69, 9.17) is 5.11 Å². The zero-order valence-electron chi connectivity index (χ0n) is 12.2. The van der Waals surface area contributed by atoms with Gasteiger partial charge in [0.15, 0.2) is 0 Å². The highest BCUT2D eigenvalue weighted by Crippen LogP contribution is 2.17. The summed E-state index contributed by atoms with van der Waals surface area (Å²) in [5.74, 6) is -0.188. The topological polar surface area (TPSA) is 80.0 Å². The highest BCUT2D eigenvalue weighted by Gasteiger charge is 2.12. The van der Waals surface area contributed by atoms with Gasteiger partial charge in [-0.3, -0.25) is 9.36 Å². The number of phenols is 1. The van der Waals surface area contributed by atoms with Gasteiger partial charge in [-0.2, -0.15) is 0 Å². The van der Waals surface area contributed by atoms with Crippen LogP contribution in [0.4, 0.5) is 10.1 Å². The number of phenolic OH excluding ortho intramolecular Hbond substituents is 1. The third kappa shape index (κ3) is 3.03. The number of aromatic hydroxyl groups is 1. The van der Waals surface area contributed by atoms with Crippen molar-refractivity contribution in [3.05, 3.63) is 66.1 Å². The number of anilines is 1. The molecule has 0 saturated heterocycles. The molecule has 0 aliphatic heterocycles. The quantitative estimate of drug-likeness (QED) is 0.779. The summed E-state index contributed by atoms with van der Waals surface area (Å²) in [4.78, 5) is 20.4. The number of pyridine rings is 1. The van der Waals surface area contributed by atoms with Crippen molar-refractivity contribution in [2.75, 3.05) is 5.32 Å². The maximum Gasteiger partial charge on any atom is 0.258 e. The van der Waals surface area contributed by atoms with Crippen molar-refractivity contribution < 1.29 is 14.3 Å². The van der Waals surface area contributed by atoms with Gasteiger partial charge in [0.2, 0.25) is 0 Å². The number of benzene rings is 1. The molecule has 0 unspecified atom stereocenters. The molecule has 0 atom stereocenters. The number of carbonyl (C=O) groups is 1. The van der Waals surface area contributed by atoms with E-state index in [1.165, 1.54) is 18.3 Å². The summed E-state index contributed by atoms with van der Waals surface area (Å²) in [6, 6.07) is 6.74. The summed E-state index contributed by atoms with van der Waals surface area (Å²) in [6.07, 6.45) is 4.92. The van der Waals surface area contributed by atoms with E-state index >= 15 is 0 Å². The van der Waals surface area contributed by atoms with Crippen LogP contribution in [-0.4, -0.2) is 25.5 Å². The predicted molar refractivity (Wildman–Crippen MR) is 82.1 cm³/mol.